The first-order valence-electron chi connectivity index (χ1n) is 4.87. The third-order valence-electron chi connectivity index (χ3n) is 3.46. The van der Waals surface area contributed by atoms with E-state index in [1.807, 2.05) is 6.20 Å². The molecule has 3 heterocycles. The minimum Gasteiger partial charge on any atom is -0.296 e. The Kier molecular flexibility index (Phi) is 1.44. The van der Waals surface area contributed by atoms with E-state index in [4.69, 9.17) is 0 Å². The van der Waals surface area contributed by atoms with Crippen LogP contribution in [0.15, 0.2) is 12.5 Å². The lowest BCUT2D eigenvalue weighted by atomic mass is 10.0. The van der Waals surface area contributed by atoms with Gasteiger partial charge in [-0.2, -0.15) is 0 Å². The van der Waals surface area contributed by atoms with E-state index < -0.39 is 0 Å². The van der Waals surface area contributed by atoms with Crippen LogP contribution in [0.5, 0.6) is 0 Å². The third kappa shape index (κ3) is 0.936. The summed E-state index contributed by atoms with van der Waals surface area (Å²) in [6.45, 7) is 0. The van der Waals surface area contributed by atoms with Gasteiger partial charge in [0.05, 0.1) is 5.69 Å². The first kappa shape index (κ1) is 7.44. The van der Waals surface area contributed by atoms with Crippen molar-refractivity contribution in [2.75, 3.05) is 7.05 Å². The number of fused-ring (bicyclic) bond motifs is 4. The van der Waals surface area contributed by atoms with Crippen molar-refractivity contribution < 1.29 is 0 Å². The Morgan fingerprint density at radius 2 is 2.38 bits per heavy atom. The molecular weight excluding hydrogens is 162 g/mol. The van der Waals surface area contributed by atoms with Crippen molar-refractivity contribution in [3.8, 4) is 0 Å². The molecule has 0 saturated carbocycles. The van der Waals surface area contributed by atoms with Gasteiger partial charge in [0.25, 0.3) is 0 Å². The van der Waals surface area contributed by atoms with Crippen molar-refractivity contribution in [2.24, 2.45) is 0 Å². The number of rotatable bonds is 0. The molecule has 2 atom stereocenters. The molecule has 1 aromatic heterocycles. The molecule has 0 amide bonds. The number of aromatic nitrogens is 2. The lowest BCUT2D eigenvalue weighted by Gasteiger charge is -2.31. The highest BCUT2D eigenvalue weighted by Crippen LogP contribution is 2.40. The van der Waals surface area contributed by atoms with Crippen LogP contribution in [0.3, 0.4) is 0 Å². The van der Waals surface area contributed by atoms with Gasteiger partial charge in [0.2, 0.25) is 0 Å². The number of likely N-dealkylation sites (N-methyl/N-ethyl adjacent to an activating group) is 1. The first-order valence-corrected chi connectivity index (χ1v) is 4.87. The molecule has 0 aromatic carbocycles. The predicted octanol–water partition coefficient (Wildman–Crippen LogP) is 1.17. The molecule has 1 aromatic rings. The summed E-state index contributed by atoms with van der Waals surface area (Å²) >= 11 is 0. The van der Waals surface area contributed by atoms with E-state index in [0.29, 0.717) is 6.04 Å². The summed E-state index contributed by atoms with van der Waals surface area (Å²) in [7, 11) is 2.22. The van der Waals surface area contributed by atoms with Gasteiger partial charge in [-0.05, 0) is 19.9 Å². The molecule has 68 valence electrons. The summed E-state index contributed by atoms with van der Waals surface area (Å²) in [5, 5.41) is 0. The van der Waals surface area contributed by atoms with Crippen LogP contribution in [-0.4, -0.2) is 28.0 Å². The summed E-state index contributed by atoms with van der Waals surface area (Å²) in [4.78, 5) is 10.9. The zero-order chi connectivity index (χ0) is 8.84. The molecule has 1 fully saturated rings. The van der Waals surface area contributed by atoms with Crippen LogP contribution in [0.1, 0.15) is 30.1 Å². The molecule has 0 spiro atoms. The molecule has 2 unspecified atom stereocenters. The maximum atomic E-state index is 4.36. The van der Waals surface area contributed by atoms with Crippen molar-refractivity contribution in [1.29, 1.82) is 0 Å². The Labute approximate surface area is 77.8 Å². The fourth-order valence-corrected chi connectivity index (χ4v) is 2.67. The fraction of sp³-hybridized carbons (Fsp3) is 0.600. The Morgan fingerprint density at radius 3 is 3.31 bits per heavy atom. The fourth-order valence-electron chi connectivity index (χ4n) is 2.67. The molecule has 0 aliphatic carbocycles. The minimum absolute atomic E-state index is 0.593. The molecule has 0 N–H and O–H groups in total. The Morgan fingerprint density at radius 1 is 1.46 bits per heavy atom. The normalized spacial score (nSPS) is 31.8. The largest absolute Gasteiger partial charge is 0.296 e. The molecular formula is C10H13N3. The van der Waals surface area contributed by atoms with Crippen molar-refractivity contribution in [3.63, 3.8) is 0 Å². The highest BCUT2D eigenvalue weighted by atomic mass is 15.2. The number of hydrogen-bond acceptors (Lipinski definition) is 3. The van der Waals surface area contributed by atoms with Gasteiger partial charge in [-0.15, -0.1) is 0 Å². The zero-order valence-electron chi connectivity index (χ0n) is 7.77. The van der Waals surface area contributed by atoms with Gasteiger partial charge in [0, 0.05) is 30.3 Å². The molecule has 0 radical (unpaired) electrons. The predicted molar refractivity (Wildman–Crippen MR) is 49.3 cm³/mol. The highest BCUT2D eigenvalue weighted by Gasteiger charge is 2.37. The molecule has 3 rings (SSSR count). The van der Waals surface area contributed by atoms with Crippen molar-refractivity contribution in [3.05, 3.63) is 23.8 Å². The van der Waals surface area contributed by atoms with Crippen molar-refractivity contribution in [2.45, 2.75) is 31.3 Å². The topological polar surface area (TPSA) is 29.0 Å². The van der Waals surface area contributed by atoms with Crippen molar-refractivity contribution >= 4 is 0 Å². The molecule has 1 saturated heterocycles. The molecule has 3 heteroatoms. The molecule has 2 aliphatic rings. The SMILES string of the molecule is CN1C2CCC1c1cncnc1C2. The highest BCUT2D eigenvalue weighted by molar-refractivity contribution is 5.27. The van der Waals surface area contributed by atoms with E-state index in [1.54, 1.807) is 6.33 Å². The minimum atomic E-state index is 0.593. The first-order chi connectivity index (χ1) is 6.36. The summed E-state index contributed by atoms with van der Waals surface area (Å²) in [5.41, 5.74) is 2.64. The van der Waals surface area contributed by atoms with Crippen LogP contribution in [0.4, 0.5) is 0 Å². The number of hydrogen-bond donors (Lipinski definition) is 0. The zero-order valence-corrected chi connectivity index (χ0v) is 7.77. The Balaban J connectivity index is 2.12. The Hall–Kier alpha value is -0.960. The lowest BCUT2D eigenvalue weighted by molar-refractivity contribution is 0.221. The van der Waals surface area contributed by atoms with Gasteiger partial charge >= 0.3 is 0 Å². The van der Waals surface area contributed by atoms with Gasteiger partial charge < -0.3 is 0 Å². The van der Waals surface area contributed by atoms with E-state index in [1.165, 1.54) is 24.1 Å². The maximum absolute atomic E-state index is 4.36. The monoisotopic (exact) mass is 175 g/mol. The standard InChI is InChI=1S/C10H13N3/c1-13-7-2-3-10(13)8-5-11-6-12-9(8)4-7/h5-7,10H,2-4H2,1H3. The maximum Gasteiger partial charge on any atom is 0.115 e. The van der Waals surface area contributed by atoms with Crippen LogP contribution in [0.2, 0.25) is 0 Å². The summed E-state index contributed by atoms with van der Waals surface area (Å²) < 4.78 is 0. The molecule has 13 heavy (non-hydrogen) atoms. The van der Waals surface area contributed by atoms with E-state index in [9.17, 15) is 0 Å². The van der Waals surface area contributed by atoms with Crippen LogP contribution in [-0.2, 0) is 6.42 Å². The van der Waals surface area contributed by atoms with E-state index in [-0.39, 0.29) is 0 Å². The van der Waals surface area contributed by atoms with Gasteiger partial charge in [-0.1, -0.05) is 0 Å². The smallest absolute Gasteiger partial charge is 0.115 e. The second-order valence-electron chi connectivity index (χ2n) is 4.04. The van der Waals surface area contributed by atoms with Gasteiger partial charge in [0.1, 0.15) is 6.33 Å². The van der Waals surface area contributed by atoms with Gasteiger partial charge in [-0.3, -0.25) is 4.90 Å². The third-order valence-corrected chi connectivity index (χ3v) is 3.46. The molecule has 2 aliphatic heterocycles. The average Bonchev–Trinajstić information content (AvgIpc) is 2.43. The van der Waals surface area contributed by atoms with Crippen LogP contribution in [0.25, 0.3) is 0 Å². The molecule has 3 nitrogen and oxygen atoms in total. The van der Waals surface area contributed by atoms with Crippen LogP contribution < -0.4 is 0 Å². The van der Waals surface area contributed by atoms with E-state index in [0.717, 1.165) is 12.5 Å². The van der Waals surface area contributed by atoms with E-state index >= 15 is 0 Å². The van der Waals surface area contributed by atoms with Crippen LogP contribution >= 0.6 is 0 Å². The van der Waals surface area contributed by atoms with Gasteiger partial charge in [-0.25, -0.2) is 9.97 Å². The van der Waals surface area contributed by atoms with Gasteiger partial charge in [0.15, 0.2) is 0 Å². The van der Waals surface area contributed by atoms with E-state index in [2.05, 4.69) is 21.9 Å². The summed E-state index contributed by atoms with van der Waals surface area (Å²) in [6, 6.07) is 1.32. The number of nitrogens with zero attached hydrogens (tertiary/aromatic N) is 3. The average molecular weight is 175 g/mol. The second kappa shape index (κ2) is 2.51. The van der Waals surface area contributed by atoms with Crippen molar-refractivity contribution in [1.82, 2.24) is 14.9 Å². The van der Waals surface area contributed by atoms with Crippen LogP contribution in [0, 0.1) is 0 Å². The Bertz CT molecular complexity index is 337. The second-order valence-corrected chi connectivity index (χ2v) is 4.04. The summed E-state index contributed by atoms with van der Waals surface area (Å²) in [6.07, 6.45) is 7.37. The quantitative estimate of drug-likeness (QED) is 0.592. The lowest BCUT2D eigenvalue weighted by Crippen LogP contribution is -2.34. The molecule has 2 bridgehead atoms. The summed E-state index contributed by atoms with van der Waals surface area (Å²) in [5.74, 6) is 0.